The van der Waals surface area contributed by atoms with E-state index in [2.05, 4.69) is 93.6 Å². The van der Waals surface area contributed by atoms with Gasteiger partial charge in [-0.3, -0.25) is 0 Å². The fraction of sp³-hybridized carbons (Fsp3) is 0.304. The average Bonchev–Trinajstić information content (AvgIpc) is 3.12. The van der Waals surface area contributed by atoms with Crippen molar-refractivity contribution >= 4 is 0 Å². The Balaban J connectivity index is 2.08. The van der Waals surface area contributed by atoms with Gasteiger partial charge in [-0.05, 0) is 42.4 Å². The second kappa shape index (κ2) is 6.58. The van der Waals surface area contributed by atoms with Gasteiger partial charge in [0.25, 0.3) is 0 Å². The summed E-state index contributed by atoms with van der Waals surface area (Å²) in [6, 6.07) is 21.8. The molecule has 1 unspecified atom stereocenters. The van der Waals surface area contributed by atoms with Gasteiger partial charge in [-0.2, -0.15) is 0 Å². The van der Waals surface area contributed by atoms with E-state index in [4.69, 9.17) is 0 Å². The monoisotopic (exact) mass is 302 g/mol. The van der Waals surface area contributed by atoms with Gasteiger partial charge >= 0.3 is 0 Å². The predicted molar refractivity (Wildman–Crippen MR) is 99.6 cm³/mol. The number of allylic oxidation sites excluding steroid dienone is 4. The Morgan fingerprint density at radius 2 is 1.43 bits per heavy atom. The largest absolute Gasteiger partial charge is 0.0769 e. The molecule has 0 saturated heterocycles. The van der Waals surface area contributed by atoms with Gasteiger partial charge in [0, 0.05) is 5.41 Å². The Hall–Kier alpha value is -2.08. The van der Waals surface area contributed by atoms with Crippen molar-refractivity contribution in [2.75, 3.05) is 0 Å². The first kappa shape index (κ1) is 15.8. The van der Waals surface area contributed by atoms with Crippen LogP contribution in [0.1, 0.15) is 44.7 Å². The van der Waals surface area contributed by atoms with Crippen LogP contribution in [0, 0.1) is 5.92 Å². The molecule has 0 bridgehead atoms. The van der Waals surface area contributed by atoms with Gasteiger partial charge < -0.3 is 0 Å². The van der Waals surface area contributed by atoms with Crippen molar-refractivity contribution < 1.29 is 0 Å². The quantitative estimate of drug-likeness (QED) is 0.608. The Kier molecular flexibility index (Phi) is 4.52. The molecule has 2 aromatic rings. The molecule has 1 aliphatic carbocycles. The second-order valence-electron chi connectivity index (χ2n) is 6.74. The van der Waals surface area contributed by atoms with E-state index >= 15 is 0 Å². The van der Waals surface area contributed by atoms with Crippen LogP contribution in [0.15, 0.2) is 84.0 Å². The van der Waals surface area contributed by atoms with E-state index in [9.17, 15) is 0 Å². The number of hydrogen-bond donors (Lipinski definition) is 0. The highest BCUT2D eigenvalue weighted by Gasteiger charge is 2.34. The van der Waals surface area contributed by atoms with Crippen LogP contribution < -0.4 is 0 Å². The topological polar surface area (TPSA) is 0 Å². The molecule has 0 heteroatoms. The number of hydrogen-bond acceptors (Lipinski definition) is 0. The zero-order chi connectivity index (χ0) is 16.3. The van der Waals surface area contributed by atoms with E-state index in [1.54, 1.807) is 0 Å². The lowest BCUT2D eigenvalue weighted by atomic mass is 9.70. The first-order chi connectivity index (χ1) is 11.2. The third-order valence-corrected chi connectivity index (χ3v) is 5.42. The molecule has 0 aliphatic heterocycles. The first-order valence-electron chi connectivity index (χ1n) is 8.68. The molecule has 3 rings (SSSR count). The lowest BCUT2D eigenvalue weighted by Crippen LogP contribution is -2.25. The molecule has 0 radical (unpaired) electrons. The van der Waals surface area contributed by atoms with E-state index in [1.807, 2.05) is 0 Å². The summed E-state index contributed by atoms with van der Waals surface area (Å²) in [5.41, 5.74) is 5.69. The van der Waals surface area contributed by atoms with Crippen molar-refractivity contribution in [1.82, 2.24) is 0 Å². The first-order valence-corrected chi connectivity index (χ1v) is 8.68. The maximum Gasteiger partial charge on any atom is 0.0389 e. The van der Waals surface area contributed by atoms with Crippen LogP contribution in [0.4, 0.5) is 0 Å². The molecule has 1 aliphatic rings. The molecule has 0 nitrogen and oxygen atoms in total. The molecule has 118 valence electrons. The molecular weight excluding hydrogens is 276 g/mol. The van der Waals surface area contributed by atoms with Crippen molar-refractivity contribution in [1.29, 1.82) is 0 Å². The molecule has 23 heavy (non-hydrogen) atoms. The van der Waals surface area contributed by atoms with E-state index in [1.165, 1.54) is 28.7 Å². The fourth-order valence-corrected chi connectivity index (χ4v) is 3.55. The van der Waals surface area contributed by atoms with Crippen molar-refractivity contribution in [2.24, 2.45) is 5.92 Å². The van der Waals surface area contributed by atoms with Crippen molar-refractivity contribution in [3.05, 3.63) is 95.1 Å². The summed E-state index contributed by atoms with van der Waals surface area (Å²) in [5.74, 6) is 0.642. The standard InChI is InChI=1S/C23H26/c1-4-18(2)19-15-16-22(17-19)23(3,20-11-7-5-8-12-20)21-13-9-6-10-14-21/h5-15,17-18H,4,16H2,1-3H3. The molecule has 0 amide bonds. The van der Waals surface area contributed by atoms with Crippen LogP contribution in [0.25, 0.3) is 0 Å². The number of benzene rings is 2. The Bertz CT molecular complexity index is 665. The van der Waals surface area contributed by atoms with Gasteiger partial charge in [0.1, 0.15) is 0 Å². The molecule has 0 saturated carbocycles. The molecular formula is C23H26. The molecule has 0 spiro atoms. The number of rotatable bonds is 5. The summed E-state index contributed by atoms with van der Waals surface area (Å²) in [5, 5.41) is 0. The summed E-state index contributed by atoms with van der Waals surface area (Å²) in [6.07, 6.45) is 7.13. The highest BCUT2D eigenvalue weighted by Crippen LogP contribution is 2.44. The molecule has 1 atom stereocenters. The Labute approximate surface area is 140 Å². The fourth-order valence-electron chi connectivity index (χ4n) is 3.55. The van der Waals surface area contributed by atoms with Crippen LogP contribution in [0.5, 0.6) is 0 Å². The minimum atomic E-state index is -0.0613. The zero-order valence-electron chi connectivity index (χ0n) is 14.4. The van der Waals surface area contributed by atoms with Gasteiger partial charge in [-0.15, -0.1) is 0 Å². The SMILES string of the molecule is CCC(C)C1=CCC(C(C)(c2ccccc2)c2ccccc2)=C1. The zero-order valence-corrected chi connectivity index (χ0v) is 14.4. The van der Waals surface area contributed by atoms with Gasteiger partial charge in [0.15, 0.2) is 0 Å². The van der Waals surface area contributed by atoms with Crippen LogP contribution in [-0.2, 0) is 5.41 Å². The second-order valence-corrected chi connectivity index (χ2v) is 6.74. The average molecular weight is 302 g/mol. The van der Waals surface area contributed by atoms with Gasteiger partial charge in [0.2, 0.25) is 0 Å². The van der Waals surface area contributed by atoms with E-state index in [0.717, 1.165) is 6.42 Å². The normalized spacial score (nSPS) is 16.0. The molecule has 0 N–H and O–H groups in total. The maximum atomic E-state index is 2.45. The van der Waals surface area contributed by atoms with Crippen molar-refractivity contribution in [3.63, 3.8) is 0 Å². The maximum absolute atomic E-state index is 2.45. The summed E-state index contributed by atoms with van der Waals surface area (Å²) in [4.78, 5) is 0. The minimum absolute atomic E-state index is 0.0613. The van der Waals surface area contributed by atoms with Crippen LogP contribution in [0.3, 0.4) is 0 Å². The van der Waals surface area contributed by atoms with Gasteiger partial charge in [-0.25, -0.2) is 0 Å². The Morgan fingerprint density at radius 1 is 0.913 bits per heavy atom. The van der Waals surface area contributed by atoms with Crippen molar-refractivity contribution in [2.45, 2.75) is 39.0 Å². The minimum Gasteiger partial charge on any atom is -0.0769 e. The summed E-state index contributed by atoms with van der Waals surface area (Å²) >= 11 is 0. The van der Waals surface area contributed by atoms with Gasteiger partial charge in [0.05, 0.1) is 0 Å². The van der Waals surface area contributed by atoms with Crippen LogP contribution in [-0.4, -0.2) is 0 Å². The smallest absolute Gasteiger partial charge is 0.0389 e. The summed E-state index contributed by atoms with van der Waals surface area (Å²) in [6.45, 7) is 6.97. The summed E-state index contributed by atoms with van der Waals surface area (Å²) in [7, 11) is 0. The third-order valence-electron chi connectivity index (χ3n) is 5.42. The van der Waals surface area contributed by atoms with Crippen LogP contribution in [0.2, 0.25) is 0 Å². The summed E-state index contributed by atoms with van der Waals surface area (Å²) < 4.78 is 0. The third kappa shape index (κ3) is 2.91. The lowest BCUT2D eigenvalue weighted by molar-refractivity contribution is 0.657. The molecule has 0 aromatic heterocycles. The van der Waals surface area contributed by atoms with Crippen molar-refractivity contribution in [3.8, 4) is 0 Å². The predicted octanol–water partition coefficient (Wildman–Crippen LogP) is 6.30. The van der Waals surface area contributed by atoms with E-state index in [0.29, 0.717) is 5.92 Å². The highest BCUT2D eigenvalue weighted by atomic mass is 14.4. The van der Waals surface area contributed by atoms with E-state index in [-0.39, 0.29) is 5.41 Å². The van der Waals surface area contributed by atoms with E-state index < -0.39 is 0 Å². The molecule has 0 fully saturated rings. The highest BCUT2D eigenvalue weighted by molar-refractivity contribution is 5.52. The molecule has 0 heterocycles. The Morgan fingerprint density at radius 3 is 1.91 bits per heavy atom. The van der Waals surface area contributed by atoms with Crippen LogP contribution >= 0.6 is 0 Å². The lowest BCUT2D eigenvalue weighted by Gasteiger charge is -2.33. The molecule has 2 aromatic carbocycles. The van der Waals surface area contributed by atoms with Gasteiger partial charge in [-0.1, -0.05) is 92.2 Å².